The van der Waals surface area contributed by atoms with Gasteiger partial charge in [-0.25, -0.2) is 0 Å². The summed E-state index contributed by atoms with van der Waals surface area (Å²) < 4.78 is 0. The molecule has 1 aliphatic carbocycles. The largest absolute Gasteiger partial charge is 0.389 e. The van der Waals surface area contributed by atoms with Crippen molar-refractivity contribution in [2.75, 3.05) is 0 Å². The Kier molecular flexibility index (Phi) is 2.83. The van der Waals surface area contributed by atoms with E-state index in [4.69, 9.17) is 0 Å². The van der Waals surface area contributed by atoms with E-state index in [1.54, 1.807) is 0 Å². The number of fused-ring (bicyclic) bond motifs is 1. The molecule has 0 fully saturated rings. The molecule has 2 rings (SSSR count). The van der Waals surface area contributed by atoms with Crippen LogP contribution in [0.4, 0.5) is 0 Å². The first-order valence-corrected chi connectivity index (χ1v) is 5.87. The number of benzene rings is 1. The van der Waals surface area contributed by atoms with Crippen molar-refractivity contribution in [3.63, 3.8) is 0 Å². The molecule has 82 valence electrons. The average Bonchev–Trinajstić information content (AvgIpc) is 2.59. The van der Waals surface area contributed by atoms with E-state index in [0.29, 0.717) is 0 Å². The van der Waals surface area contributed by atoms with E-state index in [1.165, 1.54) is 24.0 Å². The predicted molar refractivity (Wildman–Crippen MR) is 62.8 cm³/mol. The number of aliphatic hydroxyl groups is 1. The Morgan fingerprint density at radius 2 is 1.80 bits per heavy atom. The Morgan fingerprint density at radius 3 is 2.40 bits per heavy atom. The van der Waals surface area contributed by atoms with Crippen molar-refractivity contribution < 1.29 is 5.11 Å². The highest BCUT2D eigenvalue weighted by Crippen LogP contribution is 2.32. The molecule has 1 aromatic carbocycles. The summed E-state index contributed by atoms with van der Waals surface area (Å²) in [5.41, 5.74) is 3.99. The van der Waals surface area contributed by atoms with Crippen LogP contribution in [-0.4, -0.2) is 5.11 Å². The topological polar surface area (TPSA) is 20.2 Å². The van der Waals surface area contributed by atoms with Crippen LogP contribution in [0.25, 0.3) is 0 Å². The molecule has 0 aliphatic heterocycles. The van der Waals surface area contributed by atoms with E-state index in [1.807, 2.05) is 6.92 Å². The van der Waals surface area contributed by atoms with Crippen molar-refractivity contribution in [3.8, 4) is 0 Å². The standard InChI is InChI=1S/C14H20O/c1-9(2)13-7-12-5-4-11(10(3)15)6-14(12)8-13/h4-6,9-10,13,15H,7-8H2,1-3H3/t10-,13-/m1/s1. The Labute approximate surface area is 92.1 Å². The second-order valence-electron chi connectivity index (χ2n) is 5.12. The lowest BCUT2D eigenvalue weighted by Gasteiger charge is -2.12. The lowest BCUT2D eigenvalue weighted by molar-refractivity contribution is 0.199. The molecule has 0 spiro atoms. The Hall–Kier alpha value is -0.820. The number of hydrogen-bond donors (Lipinski definition) is 1. The van der Waals surface area contributed by atoms with Gasteiger partial charge in [0.1, 0.15) is 0 Å². The average molecular weight is 204 g/mol. The minimum atomic E-state index is -0.339. The molecule has 0 saturated carbocycles. The third-order valence-electron chi connectivity index (χ3n) is 3.62. The molecule has 1 N–H and O–H groups in total. The van der Waals surface area contributed by atoms with E-state index >= 15 is 0 Å². The van der Waals surface area contributed by atoms with Crippen molar-refractivity contribution in [1.29, 1.82) is 0 Å². The molecular formula is C14H20O. The molecule has 0 bridgehead atoms. The molecule has 1 aliphatic rings. The molecule has 0 radical (unpaired) electrons. The first kappa shape index (κ1) is 10.7. The first-order chi connectivity index (χ1) is 7.08. The highest BCUT2D eigenvalue weighted by molar-refractivity contribution is 5.37. The van der Waals surface area contributed by atoms with Gasteiger partial charge in [-0.3, -0.25) is 0 Å². The van der Waals surface area contributed by atoms with Crippen LogP contribution in [0, 0.1) is 11.8 Å². The van der Waals surface area contributed by atoms with Crippen LogP contribution in [-0.2, 0) is 12.8 Å². The van der Waals surface area contributed by atoms with Crippen molar-refractivity contribution in [3.05, 3.63) is 34.9 Å². The summed E-state index contributed by atoms with van der Waals surface area (Å²) in [6.07, 6.45) is 2.06. The molecule has 0 unspecified atom stereocenters. The normalized spacial score (nSPS) is 21.8. The summed E-state index contributed by atoms with van der Waals surface area (Å²) in [5, 5.41) is 9.53. The zero-order valence-electron chi connectivity index (χ0n) is 9.83. The molecule has 1 aromatic rings. The molecular weight excluding hydrogens is 184 g/mol. The zero-order valence-corrected chi connectivity index (χ0v) is 9.83. The summed E-state index contributed by atoms with van der Waals surface area (Å²) in [6, 6.07) is 6.44. The molecule has 1 heteroatoms. The number of hydrogen-bond acceptors (Lipinski definition) is 1. The first-order valence-electron chi connectivity index (χ1n) is 5.87. The molecule has 0 saturated heterocycles. The SMILES string of the molecule is CC(C)[C@@H]1Cc2ccc([C@@H](C)O)cc2C1. The second-order valence-corrected chi connectivity index (χ2v) is 5.12. The third kappa shape index (κ3) is 2.07. The van der Waals surface area contributed by atoms with Crippen LogP contribution in [0.2, 0.25) is 0 Å². The fourth-order valence-corrected chi connectivity index (χ4v) is 2.40. The monoisotopic (exact) mass is 204 g/mol. The van der Waals surface area contributed by atoms with Gasteiger partial charge in [0.05, 0.1) is 6.10 Å². The molecule has 0 heterocycles. The van der Waals surface area contributed by atoms with Gasteiger partial charge in [0.2, 0.25) is 0 Å². The van der Waals surface area contributed by atoms with E-state index < -0.39 is 0 Å². The summed E-state index contributed by atoms with van der Waals surface area (Å²) in [6.45, 7) is 6.43. The lowest BCUT2D eigenvalue weighted by atomic mass is 9.93. The predicted octanol–water partition coefficient (Wildman–Crippen LogP) is 3.11. The van der Waals surface area contributed by atoms with Crippen molar-refractivity contribution >= 4 is 0 Å². The van der Waals surface area contributed by atoms with Crippen LogP contribution in [0.5, 0.6) is 0 Å². The highest BCUT2D eigenvalue weighted by Gasteiger charge is 2.24. The maximum absolute atomic E-state index is 9.53. The molecule has 1 nitrogen and oxygen atoms in total. The van der Waals surface area contributed by atoms with Crippen LogP contribution in [0.15, 0.2) is 18.2 Å². The van der Waals surface area contributed by atoms with Gasteiger partial charge in [-0.05, 0) is 48.3 Å². The fourth-order valence-electron chi connectivity index (χ4n) is 2.40. The number of rotatable bonds is 2. The minimum Gasteiger partial charge on any atom is -0.389 e. The Bertz CT molecular complexity index is 352. The zero-order chi connectivity index (χ0) is 11.0. The quantitative estimate of drug-likeness (QED) is 0.784. The van der Waals surface area contributed by atoms with E-state index in [-0.39, 0.29) is 6.10 Å². The van der Waals surface area contributed by atoms with Crippen LogP contribution in [0.3, 0.4) is 0 Å². The van der Waals surface area contributed by atoms with Crippen molar-refractivity contribution in [2.45, 2.75) is 39.7 Å². The summed E-state index contributed by atoms with van der Waals surface area (Å²) >= 11 is 0. The van der Waals surface area contributed by atoms with E-state index in [9.17, 15) is 5.11 Å². The van der Waals surface area contributed by atoms with Gasteiger partial charge in [0, 0.05) is 0 Å². The molecule has 15 heavy (non-hydrogen) atoms. The van der Waals surface area contributed by atoms with E-state index in [2.05, 4.69) is 32.0 Å². The fraction of sp³-hybridized carbons (Fsp3) is 0.571. The smallest absolute Gasteiger partial charge is 0.0762 e. The Morgan fingerprint density at radius 1 is 1.13 bits per heavy atom. The lowest BCUT2D eigenvalue weighted by Crippen LogP contribution is -2.07. The van der Waals surface area contributed by atoms with Gasteiger partial charge in [-0.1, -0.05) is 32.0 Å². The summed E-state index contributed by atoms with van der Waals surface area (Å²) in [4.78, 5) is 0. The van der Waals surface area contributed by atoms with Gasteiger partial charge in [-0.2, -0.15) is 0 Å². The molecule has 2 atom stereocenters. The van der Waals surface area contributed by atoms with Gasteiger partial charge in [0.15, 0.2) is 0 Å². The van der Waals surface area contributed by atoms with Crippen molar-refractivity contribution in [1.82, 2.24) is 0 Å². The minimum absolute atomic E-state index is 0.339. The van der Waals surface area contributed by atoms with Gasteiger partial charge in [0.25, 0.3) is 0 Å². The van der Waals surface area contributed by atoms with Crippen LogP contribution >= 0.6 is 0 Å². The van der Waals surface area contributed by atoms with Gasteiger partial charge in [-0.15, -0.1) is 0 Å². The van der Waals surface area contributed by atoms with Crippen LogP contribution < -0.4 is 0 Å². The Balaban J connectivity index is 2.24. The van der Waals surface area contributed by atoms with Gasteiger partial charge < -0.3 is 5.11 Å². The maximum Gasteiger partial charge on any atom is 0.0762 e. The maximum atomic E-state index is 9.53. The van der Waals surface area contributed by atoms with E-state index in [0.717, 1.165) is 17.4 Å². The van der Waals surface area contributed by atoms with Gasteiger partial charge >= 0.3 is 0 Å². The summed E-state index contributed by atoms with van der Waals surface area (Å²) in [7, 11) is 0. The summed E-state index contributed by atoms with van der Waals surface area (Å²) in [5.74, 6) is 1.55. The second kappa shape index (κ2) is 3.97. The third-order valence-corrected chi connectivity index (χ3v) is 3.62. The molecule has 0 amide bonds. The van der Waals surface area contributed by atoms with Crippen LogP contribution in [0.1, 0.15) is 43.6 Å². The molecule has 0 aromatic heterocycles. The van der Waals surface area contributed by atoms with Crippen molar-refractivity contribution in [2.24, 2.45) is 11.8 Å². The highest BCUT2D eigenvalue weighted by atomic mass is 16.3. The number of aliphatic hydroxyl groups excluding tert-OH is 1.